The summed E-state index contributed by atoms with van der Waals surface area (Å²) in [6.07, 6.45) is 9.03. The van der Waals surface area contributed by atoms with Crippen molar-refractivity contribution in [2.75, 3.05) is 6.54 Å². The molecule has 0 aliphatic carbocycles. The van der Waals surface area contributed by atoms with Crippen molar-refractivity contribution in [1.29, 1.82) is 0 Å². The van der Waals surface area contributed by atoms with E-state index < -0.39 is 0 Å². The first kappa shape index (κ1) is 14.7. The predicted molar refractivity (Wildman–Crippen MR) is 86.1 cm³/mol. The Morgan fingerprint density at radius 3 is 3.00 bits per heavy atom. The van der Waals surface area contributed by atoms with E-state index in [1.54, 1.807) is 18.7 Å². The first-order valence-electron chi connectivity index (χ1n) is 8.01. The number of hydrogen-bond acceptors (Lipinski definition) is 4. The molecule has 0 N–H and O–H groups in total. The highest BCUT2D eigenvalue weighted by Crippen LogP contribution is 2.20. The highest BCUT2D eigenvalue weighted by Gasteiger charge is 2.28. The SMILES string of the molecule is Cc1ccoc1C(=O)N1Cc2nccn2C[C@@H](Cn2cccn2)C1. The number of imidazole rings is 1. The van der Waals surface area contributed by atoms with Crippen LogP contribution in [0, 0.1) is 12.8 Å². The van der Waals surface area contributed by atoms with E-state index in [1.807, 2.05) is 41.0 Å². The predicted octanol–water partition coefficient (Wildman–Crippen LogP) is 1.95. The molecule has 0 bridgehead atoms. The normalized spacial score (nSPS) is 17.5. The van der Waals surface area contributed by atoms with Crippen LogP contribution in [0.15, 0.2) is 47.6 Å². The largest absolute Gasteiger partial charge is 0.459 e. The van der Waals surface area contributed by atoms with E-state index in [9.17, 15) is 4.79 Å². The highest BCUT2D eigenvalue weighted by atomic mass is 16.3. The molecule has 0 fully saturated rings. The standard InChI is InChI=1S/C17H19N5O2/c1-13-3-8-24-16(13)17(23)21-10-14(11-22-6-2-4-19-22)9-20-7-5-18-15(20)12-21/h2-8,14H,9-12H2,1H3/t14-/m1/s1. The van der Waals surface area contributed by atoms with Gasteiger partial charge in [0.1, 0.15) is 5.82 Å². The van der Waals surface area contributed by atoms with Gasteiger partial charge in [-0.3, -0.25) is 9.48 Å². The van der Waals surface area contributed by atoms with Gasteiger partial charge in [-0.1, -0.05) is 0 Å². The van der Waals surface area contributed by atoms with Gasteiger partial charge < -0.3 is 13.9 Å². The quantitative estimate of drug-likeness (QED) is 0.738. The van der Waals surface area contributed by atoms with Gasteiger partial charge in [-0.25, -0.2) is 4.98 Å². The minimum Gasteiger partial charge on any atom is -0.459 e. The number of nitrogens with zero attached hydrogens (tertiary/aromatic N) is 5. The number of amides is 1. The summed E-state index contributed by atoms with van der Waals surface area (Å²) in [5, 5.41) is 4.29. The Morgan fingerprint density at radius 1 is 1.33 bits per heavy atom. The lowest BCUT2D eigenvalue weighted by Gasteiger charge is -2.23. The monoisotopic (exact) mass is 325 g/mol. The highest BCUT2D eigenvalue weighted by molar-refractivity contribution is 5.92. The van der Waals surface area contributed by atoms with E-state index in [0.717, 1.165) is 24.5 Å². The van der Waals surface area contributed by atoms with Gasteiger partial charge in [0.25, 0.3) is 5.91 Å². The van der Waals surface area contributed by atoms with Gasteiger partial charge in [-0.2, -0.15) is 5.10 Å². The summed E-state index contributed by atoms with van der Waals surface area (Å²) < 4.78 is 9.43. The zero-order valence-electron chi connectivity index (χ0n) is 13.5. The van der Waals surface area contributed by atoms with Crippen molar-refractivity contribution in [2.24, 2.45) is 5.92 Å². The number of aromatic nitrogens is 4. The number of rotatable bonds is 3. The molecule has 7 nitrogen and oxygen atoms in total. The van der Waals surface area contributed by atoms with Crippen molar-refractivity contribution in [1.82, 2.24) is 24.2 Å². The topological polar surface area (TPSA) is 69.1 Å². The maximum atomic E-state index is 12.9. The molecule has 1 atom stereocenters. The second kappa shape index (κ2) is 5.99. The van der Waals surface area contributed by atoms with E-state index in [2.05, 4.69) is 14.6 Å². The molecule has 0 saturated heterocycles. The fourth-order valence-corrected chi connectivity index (χ4v) is 3.22. The zero-order chi connectivity index (χ0) is 16.5. The van der Waals surface area contributed by atoms with Crippen LogP contribution < -0.4 is 0 Å². The molecule has 3 aromatic heterocycles. The summed E-state index contributed by atoms with van der Waals surface area (Å²) in [6, 6.07) is 3.72. The number of carbonyl (C=O) groups is 1. The fraction of sp³-hybridized carbons (Fsp3) is 0.353. The first-order valence-corrected chi connectivity index (χ1v) is 8.01. The van der Waals surface area contributed by atoms with Crippen LogP contribution in [0.3, 0.4) is 0 Å². The van der Waals surface area contributed by atoms with E-state index in [0.29, 0.717) is 18.8 Å². The molecule has 0 radical (unpaired) electrons. The van der Waals surface area contributed by atoms with Gasteiger partial charge in [-0.05, 0) is 19.1 Å². The number of carbonyl (C=O) groups excluding carboxylic acids is 1. The molecule has 0 saturated carbocycles. The second-order valence-electron chi connectivity index (χ2n) is 6.21. The van der Waals surface area contributed by atoms with Crippen molar-refractivity contribution in [3.8, 4) is 0 Å². The van der Waals surface area contributed by atoms with Gasteiger partial charge in [0, 0.05) is 55.9 Å². The van der Waals surface area contributed by atoms with Crippen LogP contribution in [0.25, 0.3) is 0 Å². The van der Waals surface area contributed by atoms with Crippen LogP contribution in [0.2, 0.25) is 0 Å². The molecule has 7 heteroatoms. The molecular weight excluding hydrogens is 306 g/mol. The van der Waals surface area contributed by atoms with Gasteiger partial charge >= 0.3 is 0 Å². The smallest absolute Gasteiger partial charge is 0.290 e. The Morgan fingerprint density at radius 2 is 2.25 bits per heavy atom. The third kappa shape index (κ3) is 2.73. The van der Waals surface area contributed by atoms with E-state index in [4.69, 9.17) is 4.42 Å². The second-order valence-corrected chi connectivity index (χ2v) is 6.21. The number of fused-ring (bicyclic) bond motifs is 1. The molecule has 24 heavy (non-hydrogen) atoms. The molecule has 4 heterocycles. The van der Waals surface area contributed by atoms with Crippen LogP contribution in [0.1, 0.15) is 21.9 Å². The lowest BCUT2D eigenvalue weighted by molar-refractivity contribution is 0.0679. The molecule has 3 aromatic rings. The Labute approximate surface area is 139 Å². The third-order valence-electron chi connectivity index (χ3n) is 4.42. The lowest BCUT2D eigenvalue weighted by Crippen LogP contribution is -2.35. The van der Waals surface area contributed by atoms with Crippen molar-refractivity contribution < 1.29 is 9.21 Å². The van der Waals surface area contributed by atoms with Crippen LogP contribution in [0.4, 0.5) is 0 Å². The van der Waals surface area contributed by atoms with Gasteiger partial charge in [-0.15, -0.1) is 0 Å². The molecule has 0 aromatic carbocycles. The first-order chi connectivity index (χ1) is 11.7. The van der Waals surface area contributed by atoms with Crippen molar-refractivity contribution in [3.63, 3.8) is 0 Å². The maximum absolute atomic E-state index is 12.9. The van der Waals surface area contributed by atoms with Crippen LogP contribution in [-0.2, 0) is 19.6 Å². The van der Waals surface area contributed by atoms with Crippen LogP contribution in [-0.4, -0.2) is 36.7 Å². The average molecular weight is 325 g/mol. The average Bonchev–Trinajstić information content (AvgIpc) is 3.28. The van der Waals surface area contributed by atoms with Gasteiger partial charge in [0.05, 0.1) is 12.8 Å². The van der Waals surface area contributed by atoms with E-state index in [-0.39, 0.29) is 11.8 Å². The minimum absolute atomic E-state index is 0.0839. The minimum atomic E-state index is -0.0839. The number of aryl methyl sites for hydroxylation is 1. The Bertz CT molecular complexity index is 833. The number of furan rings is 1. The summed E-state index contributed by atoms with van der Waals surface area (Å²) >= 11 is 0. The molecule has 0 spiro atoms. The molecule has 1 amide bonds. The van der Waals surface area contributed by atoms with Crippen LogP contribution in [0.5, 0.6) is 0 Å². The summed E-state index contributed by atoms with van der Waals surface area (Å²) in [5.41, 5.74) is 0.858. The summed E-state index contributed by atoms with van der Waals surface area (Å²) in [4.78, 5) is 19.1. The van der Waals surface area contributed by atoms with Crippen molar-refractivity contribution in [2.45, 2.75) is 26.6 Å². The Kier molecular flexibility index (Phi) is 3.68. The van der Waals surface area contributed by atoms with E-state index in [1.165, 1.54) is 0 Å². The molecule has 0 unspecified atom stereocenters. The van der Waals surface area contributed by atoms with Crippen LogP contribution >= 0.6 is 0 Å². The van der Waals surface area contributed by atoms with Gasteiger partial charge in [0.15, 0.2) is 5.76 Å². The Hall–Kier alpha value is -2.83. The lowest BCUT2D eigenvalue weighted by atomic mass is 10.1. The third-order valence-corrected chi connectivity index (χ3v) is 4.42. The van der Waals surface area contributed by atoms with Crippen molar-refractivity contribution in [3.05, 3.63) is 60.3 Å². The fourth-order valence-electron chi connectivity index (χ4n) is 3.22. The Balaban J connectivity index is 1.61. The zero-order valence-corrected chi connectivity index (χ0v) is 13.5. The summed E-state index contributed by atoms with van der Waals surface area (Å²) in [7, 11) is 0. The molecule has 124 valence electrons. The maximum Gasteiger partial charge on any atom is 0.290 e. The summed E-state index contributed by atoms with van der Waals surface area (Å²) in [5.74, 6) is 1.47. The molecule has 4 rings (SSSR count). The molecular formula is C17H19N5O2. The summed E-state index contributed by atoms with van der Waals surface area (Å²) in [6.45, 7) is 4.59. The molecule has 1 aliphatic heterocycles. The number of hydrogen-bond donors (Lipinski definition) is 0. The van der Waals surface area contributed by atoms with E-state index >= 15 is 0 Å². The van der Waals surface area contributed by atoms with Crippen molar-refractivity contribution >= 4 is 5.91 Å². The van der Waals surface area contributed by atoms with Gasteiger partial charge in [0.2, 0.25) is 0 Å². The molecule has 1 aliphatic rings.